The van der Waals surface area contributed by atoms with Gasteiger partial charge in [-0.1, -0.05) is 18.2 Å². The van der Waals surface area contributed by atoms with Crippen LogP contribution in [-0.4, -0.2) is 44.1 Å². The van der Waals surface area contributed by atoms with Crippen molar-refractivity contribution >= 4 is 5.91 Å². The van der Waals surface area contributed by atoms with Crippen molar-refractivity contribution in [2.45, 2.75) is 25.3 Å². The molecule has 4 heteroatoms. The van der Waals surface area contributed by atoms with Gasteiger partial charge in [-0.15, -0.1) is 0 Å². The molecule has 1 aliphatic heterocycles. The van der Waals surface area contributed by atoms with Gasteiger partial charge in [-0.25, -0.2) is 0 Å². The summed E-state index contributed by atoms with van der Waals surface area (Å²) in [6, 6.07) is 7.99. The molecule has 1 heterocycles. The average Bonchev–Trinajstić information content (AvgIpc) is 2.42. The summed E-state index contributed by atoms with van der Waals surface area (Å²) in [6.45, 7) is 2.11. The summed E-state index contributed by atoms with van der Waals surface area (Å²) in [5, 5.41) is 3.12. The lowest BCUT2D eigenvalue weighted by molar-refractivity contribution is -0.121. The van der Waals surface area contributed by atoms with Gasteiger partial charge >= 0.3 is 0 Å². The van der Waals surface area contributed by atoms with Crippen molar-refractivity contribution in [3.8, 4) is 5.75 Å². The van der Waals surface area contributed by atoms with E-state index in [1.54, 1.807) is 7.11 Å². The Morgan fingerprint density at radius 2 is 2.05 bits per heavy atom. The van der Waals surface area contributed by atoms with Crippen LogP contribution in [0, 0.1) is 0 Å². The molecule has 0 aliphatic carbocycles. The summed E-state index contributed by atoms with van der Waals surface area (Å²) in [5.41, 5.74) is 0.940. The van der Waals surface area contributed by atoms with Gasteiger partial charge < -0.3 is 15.0 Å². The van der Waals surface area contributed by atoms with Crippen LogP contribution in [0.4, 0.5) is 0 Å². The third-order valence-electron chi connectivity index (χ3n) is 3.63. The number of hydrogen-bond acceptors (Lipinski definition) is 3. The zero-order chi connectivity index (χ0) is 13.7. The number of ether oxygens (including phenoxy) is 1. The molecule has 1 N–H and O–H groups in total. The third kappa shape index (κ3) is 3.96. The summed E-state index contributed by atoms with van der Waals surface area (Å²) in [5.74, 6) is 0.861. The number of nitrogens with one attached hydrogen (secondary N) is 1. The van der Waals surface area contributed by atoms with Crippen molar-refractivity contribution in [1.82, 2.24) is 10.2 Å². The van der Waals surface area contributed by atoms with Gasteiger partial charge in [0.15, 0.2) is 0 Å². The summed E-state index contributed by atoms with van der Waals surface area (Å²) in [6.07, 6.45) is 2.46. The third-order valence-corrected chi connectivity index (χ3v) is 3.63. The van der Waals surface area contributed by atoms with Gasteiger partial charge in [0, 0.05) is 11.6 Å². The lowest BCUT2D eigenvalue weighted by Crippen LogP contribution is -2.43. The van der Waals surface area contributed by atoms with Gasteiger partial charge in [-0.05, 0) is 39.0 Å². The summed E-state index contributed by atoms with van der Waals surface area (Å²) in [4.78, 5) is 14.3. The zero-order valence-corrected chi connectivity index (χ0v) is 11.7. The van der Waals surface area contributed by atoms with Gasteiger partial charge in [0.25, 0.3) is 0 Å². The summed E-state index contributed by atoms with van der Waals surface area (Å²) < 4.78 is 5.26. The Labute approximate surface area is 114 Å². The van der Waals surface area contributed by atoms with Crippen LogP contribution in [-0.2, 0) is 11.2 Å². The number of rotatable bonds is 4. The highest BCUT2D eigenvalue weighted by molar-refractivity contribution is 5.79. The van der Waals surface area contributed by atoms with Crippen molar-refractivity contribution < 1.29 is 9.53 Å². The topological polar surface area (TPSA) is 41.6 Å². The Bertz CT molecular complexity index is 426. The van der Waals surface area contributed by atoms with Gasteiger partial charge in [0.1, 0.15) is 5.75 Å². The smallest absolute Gasteiger partial charge is 0.224 e. The highest BCUT2D eigenvalue weighted by atomic mass is 16.5. The monoisotopic (exact) mass is 262 g/mol. The van der Waals surface area contributed by atoms with Crippen molar-refractivity contribution in [3.05, 3.63) is 29.8 Å². The largest absolute Gasteiger partial charge is 0.496 e. The van der Waals surface area contributed by atoms with E-state index in [0.29, 0.717) is 12.5 Å². The van der Waals surface area contributed by atoms with Crippen molar-refractivity contribution in [2.75, 3.05) is 27.2 Å². The molecule has 104 valence electrons. The fourth-order valence-corrected chi connectivity index (χ4v) is 2.45. The van der Waals surface area contributed by atoms with Gasteiger partial charge in [0.2, 0.25) is 5.91 Å². The van der Waals surface area contributed by atoms with E-state index in [4.69, 9.17) is 4.74 Å². The first-order valence-corrected chi connectivity index (χ1v) is 6.79. The van der Waals surface area contributed by atoms with E-state index in [1.807, 2.05) is 24.3 Å². The van der Waals surface area contributed by atoms with Crippen LogP contribution in [0.15, 0.2) is 24.3 Å². The Morgan fingerprint density at radius 3 is 2.74 bits per heavy atom. The SMILES string of the molecule is COc1ccccc1CC(=O)NC1CCN(C)CC1. The predicted octanol–water partition coefficient (Wildman–Crippen LogP) is 1.45. The first-order chi connectivity index (χ1) is 9.19. The molecule has 0 bridgehead atoms. The molecule has 19 heavy (non-hydrogen) atoms. The van der Waals surface area contributed by atoms with Gasteiger partial charge in [0.05, 0.1) is 13.5 Å². The molecular formula is C15H22N2O2. The molecule has 1 aromatic rings. The number of nitrogens with zero attached hydrogens (tertiary/aromatic N) is 1. The Hall–Kier alpha value is -1.55. The molecule has 0 aromatic heterocycles. The highest BCUT2D eigenvalue weighted by Crippen LogP contribution is 2.18. The van der Waals surface area contributed by atoms with E-state index < -0.39 is 0 Å². The second-order valence-electron chi connectivity index (χ2n) is 5.13. The zero-order valence-electron chi connectivity index (χ0n) is 11.7. The minimum Gasteiger partial charge on any atom is -0.496 e. The molecule has 1 fully saturated rings. The number of amides is 1. The number of likely N-dealkylation sites (tertiary alicyclic amines) is 1. The van der Waals surface area contributed by atoms with Crippen LogP contribution >= 0.6 is 0 Å². The molecule has 0 unspecified atom stereocenters. The van der Waals surface area contributed by atoms with Crippen molar-refractivity contribution in [2.24, 2.45) is 0 Å². The fraction of sp³-hybridized carbons (Fsp3) is 0.533. The first kappa shape index (κ1) is 13.9. The molecule has 4 nitrogen and oxygen atoms in total. The Balaban J connectivity index is 1.87. The summed E-state index contributed by atoms with van der Waals surface area (Å²) >= 11 is 0. The quantitative estimate of drug-likeness (QED) is 0.893. The molecule has 2 rings (SSSR count). The summed E-state index contributed by atoms with van der Waals surface area (Å²) in [7, 11) is 3.75. The maximum absolute atomic E-state index is 12.1. The Kier molecular flexibility index (Phi) is 4.80. The second-order valence-corrected chi connectivity index (χ2v) is 5.13. The van der Waals surface area contributed by atoms with E-state index in [9.17, 15) is 4.79 Å². The predicted molar refractivity (Wildman–Crippen MR) is 75.4 cm³/mol. The van der Waals surface area contributed by atoms with Crippen LogP contribution in [0.1, 0.15) is 18.4 Å². The molecule has 1 amide bonds. The fourth-order valence-electron chi connectivity index (χ4n) is 2.45. The van der Waals surface area contributed by atoms with Gasteiger partial charge in [-0.2, -0.15) is 0 Å². The maximum atomic E-state index is 12.1. The van der Waals surface area contributed by atoms with Crippen LogP contribution in [0.3, 0.4) is 0 Å². The molecule has 0 radical (unpaired) electrons. The molecule has 1 aliphatic rings. The molecule has 0 spiro atoms. The molecule has 1 saturated heterocycles. The molecule has 1 aromatic carbocycles. The number of methoxy groups -OCH3 is 1. The highest BCUT2D eigenvalue weighted by Gasteiger charge is 2.18. The number of carbonyl (C=O) groups is 1. The number of hydrogen-bond donors (Lipinski definition) is 1. The van der Waals surface area contributed by atoms with Gasteiger partial charge in [-0.3, -0.25) is 4.79 Å². The minimum absolute atomic E-state index is 0.0825. The number of benzene rings is 1. The van der Waals surface area contributed by atoms with Crippen molar-refractivity contribution in [3.63, 3.8) is 0 Å². The maximum Gasteiger partial charge on any atom is 0.224 e. The van der Waals surface area contributed by atoms with Crippen LogP contribution in [0.2, 0.25) is 0 Å². The lowest BCUT2D eigenvalue weighted by atomic mass is 10.0. The van der Waals surface area contributed by atoms with E-state index >= 15 is 0 Å². The normalized spacial score (nSPS) is 17.2. The minimum atomic E-state index is 0.0825. The second kappa shape index (κ2) is 6.57. The molecular weight excluding hydrogens is 240 g/mol. The number of para-hydroxylation sites is 1. The standard InChI is InChI=1S/C15H22N2O2/c1-17-9-7-13(8-10-17)16-15(18)11-12-5-3-4-6-14(12)19-2/h3-6,13H,7-11H2,1-2H3,(H,16,18). The van der Waals surface area contributed by atoms with E-state index in [2.05, 4.69) is 17.3 Å². The lowest BCUT2D eigenvalue weighted by Gasteiger charge is -2.29. The molecule has 0 saturated carbocycles. The Morgan fingerprint density at radius 1 is 1.37 bits per heavy atom. The van der Waals surface area contributed by atoms with E-state index in [-0.39, 0.29) is 5.91 Å². The number of carbonyl (C=O) groups excluding carboxylic acids is 1. The van der Waals surface area contributed by atoms with E-state index in [0.717, 1.165) is 37.2 Å². The van der Waals surface area contributed by atoms with E-state index in [1.165, 1.54) is 0 Å². The number of piperidine rings is 1. The van der Waals surface area contributed by atoms with Crippen molar-refractivity contribution in [1.29, 1.82) is 0 Å². The molecule has 0 atom stereocenters. The van der Waals surface area contributed by atoms with Crippen LogP contribution < -0.4 is 10.1 Å². The van der Waals surface area contributed by atoms with Crippen LogP contribution in [0.5, 0.6) is 5.75 Å². The average molecular weight is 262 g/mol. The van der Waals surface area contributed by atoms with Crippen LogP contribution in [0.25, 0.3) is 0 Å². The first-order valence-electron chi connectivity index (χ1n) is 6.79.